The second kappa shape index (κ2) is 4.99. The van der Waals surface area contributed by atoms with E-state index in [1.807, 2.05) is 11.9 Å². The first-order chi connectivity index (χ1) is 9.89. The summed E-state index contributed by atoms with van der Waals surface area (Å²) in [6, 6.07) is 2.92. The molecule has 0 bridgehead atoms. The van der Waals surface area contributed by atoms with E-state index in [0.717, 1.165) is 19.2 Å². The molecule has 1 saturated heterocycles. The van der Waals surface area contributed by atoms with Crippen LogP contribution in [0.4, 0.5) is 14.5 Å². The Hall–Kier alpha value is -1.60. The summed E-state index contributed by atoms with van der Waals surface area (Å²) in [6.07, 6.45) is 0.254. The number of nitro benzene ring substituents is 1. The Bertz CT molecular complexity index is 571. The molecule has 0 saturated carbocycles. The SMILES string of the molecule is CN1CCN(C2Cc3ccc([N+](=O)[O-])cc3C2(F)F)CC1. The number of piperazine rings is 1. The van der Waals surface area contributed by atoms with Crippen molar-refractivity contribution in [1.29, 1.82) is 0 Å². The third kappa shape index (κ3) is 2.40. The molecule has 1 atom stereocenters. The molecule has 2 aliphatic rings. The lowest BCUT2D eigenvalue weighted by Gasteiger charge is -2.38. The van der Waals surface area contributed by atoms with E-state index in [9.17, 15) is 18.9 Å². The van der Waals surface area contributed by atoms with E-state index in [2.05, 4.69) is 4.90 Å². The van der Waals surface area contributed by atoms with Crippen LogP contribution in [0.25, 0.3) is 0 Å². The molecule has 0 N–H and O–H groups in total. The summed E-state index contributed by atoms with van der Waals surface area (Å²) >= 11 is 0. The van der Waals surface area contributed by atoms with Gasteiger partial charge >= 0.3 is 0 Å². The second-order valence-corrected chi connectivity index (χ2v) is 5.78. The van der Waals surface area contributed by atoms with E-state index < -0.39 is 16.9 Å². The van der Waals surface area contributed by atoms with Crippen LogP contribution in [0.15, 0.2) is 18.2 Å². The van der Waals surface area contributed by atoms with Crippen LogP contribution in [-0.4, -0.2) is 54.0 Å². The van der Waals surface area contributed by atoms with E-state index in [0.29, 0.717) is 18.7 Å². The molecule has 1 aromatic rings. The van der Waals surface area contributed by atoms with Crippen molar-refractivity contribution in [2.45, 2.75) is 18.4 Å². The summed E-state index contributed by atoms with van der Waals surface area (Å²) in [7, 11) is 1.97. The first-order valence-electron chi connectivity index (χ1n) is 6.98. The summed E-state index contributed by atoms with van der Waals surface area (Å²) in [5, 5.41) is 10.8. The maximum atomic E-state index is 14.6. The smallest absolute Gasteiger partial charge is 0.289 e. The van der Waals surface area contributed by atoms with Crippen LogP contribution in [0.2, 0.25) is 0 Å². The molecule has 0 radical (unpaired) electrons. The van der Waals surface area contributed by atoms with Crippen LogP contribution in [0.3, 0.4) is 0 Å². The fourth-order valence-corrected chi connectivity index (χ4v) is 3.17. The number of hydrogen-bond acceptors (Lipinski definition) is 4. The second-order valence-electron chi connectivity index (χ2n) is 5.78. The van der Waals surface area contributed by atoms with Gasteiger partial charge in [-0.2, -0.15) is 8.78 Å². The third-order valence-corrected chi connectivity index (χ3v) is 4.47. The van der Waals surface area contributed by atoms with Crippen LogP contribution < -0.4 is 0 Å². The predicted molar refractivity (Wildman–Crippen MR) is 73.6 cm³/mol. The van der Waals surface area contributed by atoms with E-state index in [1.165, 1.54) is 12.1 Å². The maximum Gasteiger partial charge on any atom is 0.289 e. The molecule has 5 nitrogen and oxygen atoms in total. The highest BCUT2D eigenvalue weighted by Gasteiger charge is 2.51. The maximum absolute atomic E-state index is 14.6. The quantitative estimate of drug-likeness (QED) is 0.617. The third-order valence-electron chi connectivity index (χ3n) is 4.47. The van der Waals surface area contributed by atoms with E-state index in [1.54, 1.807) is 0 Å². The lowest BCUT2D eigenvalue weighted by atomic mass is 10.1. The van der Waals surface area contributed by atoms with Gasteiger partial charge in [0.05, 0.1) is 11.0 Å². The van der Waals surface area contributed by atoms with E-state index in [4.69, 9.17) is 0 Å². The van der Waals surface area contributed by atoms with Crippen LogP contribution in [0.1, 0.15) is 11.1 Å². The Morgan fingerprint density at radius 2 is 1.95 bits per heavy atom. The molecule has 1 aliphatic carbocycles. The van der Waals surface area contributed by atoms with Gasteiger partial charge in [0.15, 0.2) is 0 Å². The van der Waals surface area contributed by atoms with Gasteiger partial charge in [0.2, 0.25) is 0 Å². The van der Waals surface area contributed by atoms with Crippen LogP contribution in [0, 0.1) is 10.1 Å². The van der Waals surface area contributed by atoms with Gasteiger partial charge in [-0.15, -0.1) is 0 Å². The number of benzene rings is 1. The number of fused-ring (bicyclic) bond motifs is 1. The van der Waals surface area contributed by atoms with Crippen molar-refractivity contribution < 1.29 is 13.7 Å². The van der Waals surface area contributed by atoms with Crippen molar-refractivity contribution >= 4 is 5.69 Å². The van der Waals surface area contributed by atoms with Gasteiger partial charge in [0.25, 0.3) is 11.6 Å². The van der Waals surface area contributed by atoms with Crippen molar-refractivity contribution in [2.75, 3.05) is 33.2 Å². The topological polar surface area (TPSA) is 49.6 Å². The number of hydrogen-bond donors (Lipinski definition) is 0. The standard InChI is InChI=1S/C14H17F2N3O2/c1-17-4-6-18(7-5-17)13-8-10-2-3-11(19(20)21)9-12(10)14(13,15)16/h2-3,9,13H,4-8H2,1H3. The predicted octanol–water partition coefficient (Wildman–Crippen LogP) is 1.86. The van der Waals surface area contributed by atoms with Crippen molar-refractivity contribution in [3.63, 3.8) is 0 Å². The molecule has 21 heavy (non-hydrogen) atoms. The number of rotatable bonds is 2. The molecule has 3 rings (SSSR count). The summed E-state index contributed by atoms with van der Waals surface area (Å²) in [4.78, 5) is 14.1. The lowest BCUT2D eigenvalue weighted by Crippen LogP contribution is -2.53. The first kappa shape index (κ1) is 14.3. The Morgan fingerprint density at radius 3 is 2.57 bits per heavy atom. The van der Waals surface area contributed by atoms with Crippen molar-refractivity contribution in [3.8, 4) is 0 Å². The molecule has 114 valence electrons. The number of alkyl halides is 2. The summed E-state index contributed by atoms with van der Waals surface area (Å²) in [5.41, 5.74) is 0.0719. The van der Waals surface area contributed by atoms with Crippen LogP contribution in [-0.2, 0) is 12.3 Å². The number of halogens is 2. The number of non-ortho nitro benzene ring substituents is 1. The minimum atomic E-state index is -3.03. The average molecular weight is 297 g/mol. The molecule has 1 unspecified atom stereocenters. The molecule has 1 fully saturated rings. The van der Waals surface area contributed by atoms with Crippen molar-refractivity contribution in [1.82, 2.24) is 9.80 Å². The van der Waals surface area contributed by atoms with Crippen molar-refractivity contribution in [3.05, 3.63) is 39.4 Å². The number of nitrogens with zero attached hydrogens (tertiary/aromatic N) is 3. The molecule has 1 aliphatic heterocycles. The van der Waals surface area contributed by atoms with E-state index in [-0.39, 0.29) is 17.7 Å². The number of likely N-dealkylation sites (N-methyl/N-ethyl adjacent to an activating group) is 1. The minimum Gasteiger partial charge on any atom is -0.304 e. The summed E-state index contributed by atoms with van der Waals surface area (Å²) in [6.45, 7) is 2.74. The van der Waals surface area contributed by atoms with Gasteiger partial charge in [-0.25, -0.2) is 0 Å². The lowest BCUT2D eigenvalue weighted by molar-refractivity contribution is -0.385. The largest absolute Gasteiger partial charge is 0.304 e. The fourth-order valence-electron chi connectivity index (χ4n) is 3.17. The highest BCUT2D eigenvalue weighted by atomic mass is 19.3. The number of nitro groups is 1. The summed E-state index contributed by atoms with van der Waals surface area (Å²) in [5.74, 6) is -3.03. The zero-order valence-corrected chi connectivity index (χ0v) is 11.8. The molecule has 1 heterocycles. The van der Waals surface area contributed by atoms with Crippen LogP contribution in [0.5, 0.6) is 0 Å². The molecule has 7 heteroatoms. The highest BCUT2D eigenvalue weighted by Crippen LogP contribution is 2.45. The molecular weight excluding hydrogens is 280 g/mol. The highest BCUT2D eigenvalue weighted by molar-refractivity contribution is 5.46. The van der Waals surface area contributed by atoms with Crippen LogP contribution >= 0.6 is 0 Å². The van der Waals surface area contributed by atoms with Gasteiger partial charge in [0.1, 0.15) is 0 Å². The normalized spacial score (nSPS) is 25.8. The molecule has 0 amide bonds. The van der Waals surface area contributed by atoms with Gasteiger partial charge in [-0.1, -0.05) is 6.07 Å². The molecule has 0 aromatic heterocycles. The zero-order chi connectivity index (χ0) is 15.2. The molecular formula is C14H17F2N3O2. The Balaban J connectivity index is 1.88. The zero-order valence-electron chi connectivity index (χ0n) is 11.8. The average Bonchev–Trinajstić information content (AvgIpc) is 2.71. The molecule has 0 spiro atoms. The van der Waals surface area contributed by atoms with Gasteiger partial charge in [0, 0.05) is 43.9 Å². The fraction of sp³-hybridized carbons (Fsp3) is 0.571. The Labute approximate surface area is 121 Å². The molecule has 1 aromatic carbocycles. The first-order valence-corrected chi connectivity index (χ1v) is 6.98. The van der Waals surface area contributed by atoms with Gasteiger partial charge in [-0.05, 0) is 19.0 Å². The van der Waals surface area contributed by atoms with Gasteiger partial charge < -0.3 is 4.90 Å². The van der Waals surface area contributed by atoms with Gasteiger partial charge in [-0.3, -0.25) is 15.0 Å². The minimum absolute atomic E-state index is 0.180. The Kier molecular flexibility index (Phi) is 3.41. The van der Waals surface area contributed by atoms with E-state index >= 15 is 0 Å². The monoisotopic (exact) mass is 297 g/mol. The summed E-state index contributed by atoms with van der Waals surface area (Å²) < 4.78 is 29.3. The Morgan fingerprint density at radius 1 is 1.29 bits per heavy atom. The van der Waals surface area contributed by atoms with Crippen molar-refractivity contribution in [2.24, 2.45) is 0 Å².